The summed E-state index contributed by atoms with van der Waals surface area (Å²) in [5.74, 6) is 3.85. The van der Waals surface area contributed by atoms with Gasteiger partial charge in [-0.3, -0.25) is 4.79 Å². The molecule has 2 fully saturated rings. The van der Waals surface area contributed by atoms with Crippen molar-refractivity contribution in [2.24, 2.45) is 40.4 Å². The molecule has 4 aliphatic rings. The average molecular weight is 401 g/mol. The minimum absolute atomic E-state index is 0.0339. The Morgan fingerprint density at radius 2 is 1.83 bits per heavy atom. The third-order valence-corrected chi connectivity index (χ3v) is 9.89. The molecule has 0 bridgehead atoms. The molecule has 0 heterocycles. The molecule has 2 heteroatoms. The van der Waals surface area contributed by atoms with E-state index >= 15 is 0 Å². The highest BCUT2D eigenvalue weighted by Gasteiger charge is 2.58. The summed E-state index contributed by atoms with van der Waals surface area (Å²) < 4.78 is 0. The number of hydrogen-bond acceptors (Lipinski definition) is 2. The third-order valence-electron chi connectivity index (χ3n) is 9.89. The van der Waals surface area contributed by atoms with Crippen molar-refractivity contribution < 1.29 is 9.90 Å². The maximum atomic E-state index is 13.7. The highest BCUT2D eigenvalue weighted by molar-refractivity contribution is 5.99. The van der Waals surface area contributed by atoms with E-state index in [2.05, 4.69) is 34.6 Å². The van der Waals surface area contributed by atoms with Crippen molar-refractivity contribution >= 4 is 5.78 Å². The van der Waals surface area contributed by atoms with Crippen molar-refractivity contribution in [1.82, 2.24) is 0 Å². The first-order valence-corrected chi connectivity index (χ1v) is 12.6. The predicted molar refractivity (Wildman–Crippen MR) is 120 cm³/mol. The number of Topliss-reactive ketones (excluding diaryl/α,β-unsaturated/α-hetero) is 1. The molecule has 0 spiro atoms. The lowest BCUT2D eigenvalue weighted by Gasteiger charge is -2.54. The molecule has 1 N–H and O–H groups in total. The number of carbonyl (C=O) groups excluding carboxylic acids is 1. The molecule has 29 heavy (non-hydrogen) atoms. The van der Waals surface area contributed by atoms with Crippen LogP contribution in [0.4, 0.5) is 0 Å². The maximum Gasteiger partial charge on any atom is 0.159 e. The second-order valence-electron chi connectivity index (χ2n) is 12.1. The standard InChI is InChI=1S/C27H44O2/c1-17(2)7-6-8-18(3)22-11-12-23-21-10-9-19-15-20(28)13-14-26(19,4)25(21)24(29)16-27(22,23)5/h17-20,22-23,28H,6-16H2,1-5H3/t18-,19+,20+,22-,23+,26+,27-/m1/s1. The Morgan fingerprint density at radius 3 is 2.55 bits per heavy atom. The van der Waals surface area contributed by atoms with Gasteiger partial charge in [0.25, 0.3) is 0 Å². The van der Waals surface area contributed by atoms with Gasteiger partial charge >= 0.3 is 0 Å². The molecule has 0 aromatic heterocycles. The van der Waals surface area contributed by atoms with E-state index in [9.17, 15) is 9.90 Å². The summed E-state index contributed by atoms with van der Waals surface area (Å²) in [4.78, 5) is 13.7. The third kappa shape index (κ3) is 3.56. The monoisotopic (exact) mass is 400 g/mol. The Bertz CT molecular complexity index is 676. The number of carbonyl (C=O) groups is 1. The minimum atomic E-state index is -0.151. The van der Waals surface area contributed by atoms with E-state index in [4.69, 9.17) is 0 Å². The van der Waals surface area contributed by atoms with E-state index in [1.54, 1.807) is 5.57 Å². The summed E-state index contributed by atoms with van der Waals surface area (Å²) in [6, 6.07) is 0. The van der Waals surface area contributed by atoms with Gasteiger partial charge in [-0.2, -0.15) is 0 Å². The fourth-order valence-electron chi connectivity index (χ4n) is 8.32. The quantitative estimate of drug-likeness (QED) is 0.556. The van der Waals surface area contributed by atoms with Gasteiger partial charge in [0.05, 0.1) is 6.10 Å². The minimum Gasteiger partial charge on any atom is -0.393 e. The number of hydrogen-bond donors (Lipinski definition) is 1. The molecule has 0 unspecified atom stereocenters. The second kappa shape index (κ2) is 7.81. The van der Waals surface area contributed by atoms with Crippen LogP contribution in [0, 0.1) is 40.4 Å². The molecular formula is C27H44O2. The van der Waals surface area contributed by atoms with Crippen LogP contribution in [0.15, 0.2) is 11.1 Å². The second-order valence-corrected chi connectivity index (χ2v) is 12.1. The zero-order valence-corrected chi connectivity index (χ0v) is 19.6. The van der Waals surface area contributed by atoms with Gasteiger partial charge in [0.15, 0.2) is 5.78 Å². The SMILES string of the molecule is CC(C)CCC[C@@H](C)[C@H]1CC[C@H]2C3=C(C(=O)C[C@]12C)[C@@]1(C)CC[C@H](O)C[C@@H]1CC3. The van der Waals surface area contributed by atoms with Gasteiger partial charge in [0.1, 0.15) is 0 Å². The van der Waals surface area contributed by atoms with Gasteiger partial charge in [-0.15, -0.1) is 0 Å². The van der Waals surface area contributed by atoms with E-state index < -0.39 is 0 Å². The Kier molecular flexibility index (Phi) is 5.82. The molecule has 0 aromatic carbocycles. The van der Waals surface area contributed by atoms with Gasteiger partial charge in [0, 0.05) is 12.0 Å². The lowest BCUT2D eigenvalue weighted by atomic mass is 9.50. The van der Waals surface area contributed by atoms with Gasteiger partial charge in [-0.05, 0) is 85.4 Å². The van der Waals surface area contributed by atoms with Crippen molar-refractivity contribution in [3.63, 3.8) is 0 Å². The summed E-state index contributed by atoms with van der Waals surface area (Å²) in [5, 5.41) is 10.2. The fourth-order valence-corrected chi connectivity index (χ4v) is 8.32. The van der Waals surface area contributed by atoms with Crippen LogP contribution in [0.1, 0.15) is 105 Å². The average Bonchev–Trinajstić information content (AvgIpc) is 2.98. The van der Waals surface area contributed by atoms with Crippen molar-refractivity contribution in [1.29, 1.82) is 0 Å². The van der Waals surface area contributed by atoms with Crippen molar-refractivity contribution in [2.75, 3.05) is 0 Å². The molecule has 164 valence electrons. The van der Waals surface area contributed by atoms with Crippen molar-refractivity contribution in [3.8, 4) is 0 Å². The highest BCUT2D eigenvalue weighted by atomic mass is 16.3. The van der Waals surface area contributed by atoms with E-state index in [0.717, 1.165) is 43.9 Å². The topological polar surface area (TPSA) is 37.3 Å². The Balaban J connectivity index is 1.58. The van der Waals surface area contributed by atoms with Crippen molar-refractivity contribution in [3.05, 3.63) is 11.1 Å². The van der Waals surface area contributed by atoms with E-state index in [-0.39, 0.29) is 16.9 Å². The van der Waals surface area contributed by atoms with Gasteiger partial charge in [-0.1, -0.05) is 59.5 Å². The predicted octanol–water partition coefficient (Wildman–Crippen LogP) is 6.71. The largest absolute Gasteiger partial charge is 0.393 e. The van der Waals surface area contributed by atoms with Crippen LogP contribution < -0.4 is 0 Å². The first-order chi connectivity index (χ1) is 13.7. The summed E-state index contributed by atoms with van der Waals surface area (Å²) >= 11 is 0. The maximum absolute atomic E-state index is 13.7. The van der Waals surface area contributed by atoms with E-state index in [1.807, 2.05) is 0 Å². The molecule has 0 amide bonds. The lowest BCUT2D eigenvalue weighted by molar-refractivity contribution is -0.123. The molecule has 7 atom stereocenters. The number of fused-ring (bicyclic) bond motifs is 4. The van der Waals surface area contributed by atoms with Crippen LogP contribution in [-0.4, -0.2) is 17.0 Å². The summed E-state index contributed by atoms with van der Waals surface area (Å²) in [6.45, 7) is 11.9. The zero-order chi connectivity index (χ0) is 21.0. The van der Waals surface area contributed by atoms with Crippen LogP contribution in [-0.2, 0) is 4.79 Å². The highest BCUT2D eigenvalue weighted by Crippen LogP contribution is 2.65. The Labute approximate surface area is 178 Å². The Hall–Kier alpha value is -0.630. The van der Waals surface area contributed by atoms with Gasteiger partial charge < -0.3 is 5.11 Å². The number of allylic oxidation sites excluding steroid dienone is 2. The number of ketones is 1. The van der Waals surface area contributed by atoms with E-state index in [0.29, 0.717) is 23.5 Å². The molecule has 0 aromatic rings. The molecule has 0 aliphatic heterocycles. The fraction of sp³-hybridized carbons (Fsp3) is 0.889. The summed E-state index contributed by atoms with van der Waals surface area (Å²) in [5.41, 5.74) is 3.03. The molecule has 2 nitrogen and oxygen atoms in total. The van der Waals surface area contributed by atoms with Gasteiger partial charge in [-0.25, -0.2) is 0 Å². The number of aliphatic hydroxyl groups is 1. The molecule has 4 aliphatic carbocycles. The molecule has 2 saturated carbocycles. The summed E-state index contributed by atoms with van der Waals surface area (Å²) in [7, 11) is 0. The lowest BCUT2D eigenvalue weighted by Crippen LogP contribution is -2.48. The smallest absolute Gasteiger partial charge is 0.159 e. The van der Waals surface area contributed by atoms with Crippen LogP contribution >= 0.6 is 0 Å². The van der Waals surface area contributed by atoms with Crippen LogP contribution in [0.3, 0.4) is 0 Å². The molecule has 0 radical (unpaired) electrons. The van der Waals surface area contributed by atoms with Crippen LogP contribution in [0.25, 0.3) is 0 Å². The van der Waals surface area contributed by atoms with Crippen LogP contribution in [0.2, 0.25) is 0 Å². The van der Waals surface area contributed by atoms with Gasteiger partial charge in [0.2, 0.25) is 0 Å². The first-order valence-electron chi connectivity index (χ1n) is 12.6. The molecular weight excluding hydrogens is 356 g/mol. The van der Waals surface area contributed by atoms with Crippen molar-refractivity contribution in [2.45, 2.75) is 111 Å². The summed E-state index contributed by atoms with van der Waals surface area (Å²) in [6.07, 6.45) is 12.3. The zero-order valence-electron chi connectivity index (χ0n) is 19.6. The normalized spacial score (nSPS) is 43.2. The molecule has 0 saturated heterocycles. The molecule has 4 rings (SSSR count). The Morgan fingerprint density at radius 1 is 1.07 bits per heavy atom. The number of aliphatic hydroxyl groups excluding tert-OH is 1. The van der Waals surface area contributed by atoms with E-state index in [1.165, 1.54) is 44.1 Å². The first kappa shape index (κ1) is 21.6. The van der Waals surface area contributed by atoms with Crippen LogP contribution in [0.5, 0.6) is 0 Å². The number of rotatable bonds is 5.